The van der Waals surface area contributed by atoms with Crippen LogP contribution in [-0.2, 0) is 9.59 Å². The number of aliphatic imine (C=N–C) groups is 1. The van der Waals surface area contributed by atoms with Crippen LogP contribution in [-0.4, -0.2) is 56.5 Å². The van der Waals surface area contributed by atoms with Gasteiger partial charge in [-0.25, -0.2) is 0 Å². The number of hydrogen-bond acceptors (Lipinski definition) is 3. The second-order valence-electron chi connectivity index (χ2n) is 7.48. The predicted molar refractivity (Wildman–Crippen MR) is 86.3 cm³/mol. The minimum Gasteiger partial charge on any atom is -0.337 e. The van der Waals surface area contributed by atoms with E-state index in [1.165, 1.54) is 26.2 Å². The fourth-order valence-corrected chi connectivity index (χ4v) is 3.66. The highest BCUT2D eigenvalue weighted by Crippen LogP contribution is 2.34. The van der Waals surface area contributed by atoms with Crippen LogP contribution in [0.25, 0.3) is 0 Å². The summed E-state index contributed by atoms with van der Waals surface area (Å²) in [5.41, 5.74) is 0.631. The molecule has 0 radical (unpaired) electrons. The molecule has 0 amide bonds. The van der Waals surface area contributed by atoms with Gasteiger partial charge in [0.1, 0.15) is 43.7 Å². The molecule has 3 N–H and O–H groups in total. The third kappa shape index (κ3) is 4.46. The number of piperazine rings is 1. The minimum absolute atomic E-state index is 0.0711. The van der Waals surface area contributed by atoms with Gasteiger partial charge in [-0.3, -0.25) is 14.6 Å². The van der Waals surface area contributed by atoms with Gasteiger partial charge in [0.15, 0.2) is 0 Å². The summed E-state index contributed by atoms with van der Waals surface area (Å²) in [4.78, 5) is 31.0. The van der Waals surface area contributed by atoms with Crippen LogP contribution in [0.2, 0.25) is 0 Å². The average molecular weight is 309 g/mol. The number of ketones is 2. The van der Waals surface area contributed by atoms with Crippen LogP contribution < -0.4 is 10.2 Å². The van der Waals surface area contributed by atoms with Crippen LogP contribution >= 0.6 is 0 Å². The standard InChI is InChI=1S/C17H29N3O2/c1-4-13(19-7-10-20-8-5-18-6-9-20)16-14(21)11-17(2,3)12-15(16)22/h16,18H,4-12H2,1-3H3/p+2. The lowest BCUT2D eigenvalue weighted by molar-refractivity contribution is -0.945. The highest BCUT2D eigenvalue weighted by atomic mass is 16.2. The molecule has 0 spiro atoms. The Hall–Kier alpha value is -1.07. The van der Waals surface area contributed by atoms with E-state index in [2.05, 4.69) is 10.3 Å². The Balaban J connectivity index is 1.96. The van der Waals surface area contributed by atoms with Crippen LogP contribution in [0.5, 0.6) is 0 Å². The molecule has 0 aromatic carbocycles. The molecule has 1 saturated heterocycles. The van der Waals surface area contributed by atoms with Crippen molar-refractivity contribution in [1.29, 1.82) is 0 Å². The van der Waals surface area contributed by atoms with Gasteiger partial charge in [0.2, 0.25) is 0 Å². The number of rotatable bonds is 5. The highest BCUT2D eigenvalue weighted by Gasteiger charge is 2.41. The zero-order valence-corrected chi connectivity index (χ0v) is 14.3. The van der Waals surface area contributed by atoms with Gasteiger partial charge in [-0.05, 0) is 11.8 Å². The number of carbonyl (C=O) groups is 2. The smallest absolute Gasteiger partial charge is 0.149 e. The van der Waals surface area contributed by atoms with Crippen molar-refractivity contribution in [2.45, 2.75) is 40.0 Å². The van der Waals surface area contributed by atoms with Crippen LogP contribution in [0.4, 0.5) is 0 Å². The topological polar surface area (TPSA) is 67.5 Å². The van der Waals surface area contributed by atoms with E-state index in [4.69, 9.17) is 0 Å². The SMILES string of the molecule is CCC(=NCC[NH+]1CC[NH2+]CC1)C1C(=O)CC(C)(C)CC1=O. The molecule has 2 aliphatic rings. The molecule has 2 fully saturated rings. The summed E-state index contributed by atoms with van der Waals surface area (Å²) in [5, 5.41) is 2.35. The molecule has 1 heterocycles. The summed E-state index contributed by atoms with van der Waals surface area (Å²) >= 11 is 0. The number of nitrogens with zero attached hydrogens (tertiary/aromatic N) is 1. The summed E-state index contributed by atoms with van der Waals surface area (Å²) in [6, 6.07) is 0. The van der Waals surface area contributed by atoms with Crippen LogP contribution in [0.1, 0.15) is 40.0 Å². The largest absolute Gasteiger partial charge is 0.337 e. The molecule has 1 aliphatic heterocycles. The van der Waals surface area contributed by atoms with Gasteiger partial charge in [-0.15, -0.1) is 0 Å². The summed E-state index contributed by atoms with van der Waals surface area (Å²) in [7, 11) is 0. The van der Waals surface area contributed by atoms with E-state index in [1.807, 2.05) is 20.8 Å². The fraction of sp³-hybridized carbons (Fsp3) is 0.824. The second kappa shape index (κ2) is 7.47. The van der Waals surface area contributed by atoms with Crippen LogP contribution in [0.15, 0.2) is 4.99 Å². The maximum atomic E-state index is 12.4. The quantitative estimate of drug-likeness (QED) is 0.499. The fourth-order valence-electron chi connectivity index (χ4n) is 3.66. The van der Waals surface area contributed by atoms with Crippen molar-refractivity contribution in [2.24, 2.45) is 16.3 Å². The number of hydrogen-bond donors (Lipinski definition) is 2. The lowest BCUT2D eigenvalue weighted by Crippen LogP contribution is -3.20. The van der Waals surface area contributed by atoms with E-state index < -0.39 is 5.92 Å². The summed E-state index contributed by atoms with van der Waals surface area (Å²) in [6.45, 7) is 12.5. The van der Waals surface area contributed by atoms with Gasteiger partial charge in [0.05, 0.1) is 13.1 Å². The molecular formula is C17H31N3O2+2. The van der Waals surface area contributed by atoms with E-state index >= 15 is 0 Å². The molecule has 22 heavy (non-hydrogen) atoms. The first-order valence-corrected chi connectivity index (χ1v) is 8.67. The monoisotopic (exact) mass is 309 g/mol. The van der Waals surface area contributed by atoms with Crippen molar-refractivity contribution in [2.75, 3.05) is 39.3 Å². The third-order valence-corrected chi connectivity index (χ3v) is 4.83. The maximum absolute atomic E-state index is 12.4. The summed E-state index contributed by atoms with van der Waals surface area (Å²) in [6.07, 6.45) is 1.69. The zero-order chi connectivity index (χ0) is 16.2. The molecule has 0 bridgehead atoms. The van der Waals surface area contributed by atoms with Gasteiger partial charge in [-0.2, -0.15) is 0 Å². The Morgan fingerprint density at radius 2 is 1.82 bits per heavy atom. The van der Waals surface area contributed by atoms with Crippen molar-refractivity contribution in [3.63, 3.8) is 0 Å². The summed E-state index contributed by atoms with van der Waals surface area (Å²) in [5.74, 6) is -0.411. The highest BCUT2D eigenvalue weighted by molar-refractivity contribution is 6.22. The Bertz CT molecular complexity index is 431. The Morgan fingerprint density at radius 1 is 1.23 bits per heavy atom. The molecule has 0 aromatic heterocycles. The molecule has 1 saturated carbocycles. The maximum Gasteiger partial charge on any atom is 0.149 e. The lowest BCUT2D eigenvalue weighted by atomic mass is 9.70. The normalized spacial score (nSPS) is 24.8. The van der Waals surface area contributed by atoms with Crippen molar-refractivity contribution >= 4 is 17.3 Å². The van der Waals surface area contributed by atoms with Crippen molar-refractivity contribution in [3.05, 3.63) is 0 Å². The number of nitrogens with two attached hydrogens (primary N) is 1. The minimum atomic E-state index is -0.553. The molecule has 124 valence electrons. The lowest BCUT2D eigenvalue weighted by Gasteiger charge is -2.32. The van der Waals surface area contributed by atoms with Gasteiger partial charge in [0, 0.05) is 18.6 Å². The van der Waals surface area contributed by atoms with E-state index in [0.717, 1.165) is 18.8 Å². The predicted octanol–water partition coefficient (Wildman–Crippen LogP) is -1.13. The first-order chi connectivity index (χ1) is 10.4. The van der Waals surface area contributed by atoms with Crippen LogP contribution in [0.3, 0.4) is 0 Å². The number of quaternary nitrogens is 2. The van der Waals surface area contributed by atoms with E-state index in [0.29, 0.717) is 19.3 Å². The average Bonchev–Trinajstić information content (AvgIpc) is 2.44. The summed E-state index contributed by atoms with van der Waals surface area (Å²) < 4.78 is 0. The third-order valence-electron chi connectivity index (χ3n) is 4.83. The number of carbonyl (C=O) groups excluding carboxylic acids is 2. The first-order valence-electron chi connectivity index (χ1n) is 8.67. The molecule has 1 aliphatic carbocycles. The molecule has 2 rings (SSSR count). The Morgan fingerprint density at radius 3 is 2.36 bits per heavy atom. The van der Waals surface area contributed by atoms with Gasteiger partial charge in [-0.1, -0.05) is 20.8 Å². The molecule has 5 heteroatoms. The Kier molecular flexibility index (Phi) is 5.87. The number of nitrogens with one attached hydrogen (secondary N) is 1. The molecule has 5 nitrogen and oxygen atoms in total. The van der Waals surface area contributed by atoms with Gasteiger partial charge in [0.25, 0.3) is 0 Å². The zero-order valence-electron chi connectivity index (χ0n) is 14.3. The van der Waals surface area contributed by atoms with Gasteiger partial charge >= 0.3 is 0 Å². The molecule has 0 unspecified atom stereocenters. The molecule has 0 aromatic rings. The van der Waals surface area contributed by atoms with Crippen LogP contribution in [0, 0.1) is 11.3 Å². The molecule has 0 atom stereocenters. The number of Topliss-reactive ketones (excluding diaryl/α,β-unsaturated/α-hetero) is 2. The van der Waals surface area contributed by atoms with E-state index in [1.54, 1.807) is 4.90 Å². The van der Waals surface area contributed by atoms with Gasteiger partial charge < -0.3 is 10.2 Å². The first kappa shape index (κ1) is 17.3. The van der Waals surface area contributed by atoms with E-state index in [9.17, 15) is 9.59 Å². The van der Waals surface area contributed by atoms with Crippen molar-refractivity contribution < 1.29 is 19.8 Å². The van der Waals surface area contributed by atoms with Crippen molar-refractivity contribution in [1.82, 2.24) is 0 Å². The van der Waals surface area contributed by atoms with E-state index in [-0.39, 0.29) is 17.0 Å². The van der Waals surface area contributed by atoms with Crippen molar-refractivity contribution in [3.8, 4) is 0 Å². The molecular weight excluding hydrogens is 278 g/mol. The Labute approximate surface area is 133 Å². The second-order valence-corrected chi connectivity index (χ2v) is 7.48.